The maximum Gasteiger partial charge on any atom is 0.338 e. The molecule has 0 saturated heterocycles. The highest BCUT2D eigenvalue weighted by Crippen LogP contribution is 2.20. The molecule has 2 rings (SSSR count). The van der Waals surface area contributed by atoms with Crippen molar-refractivity contribution >= 4 is 33.5 Å². The molecule has 0 fully saturated rings. The van der Waals surface area contributed by atoms with Crippen LogP contribution >= 0.6 is 15.9 Å². The van der Waals surface area contributed by atoms with E-state index in [4.69, 9.17) is 9.47 Å². The first-order chi connectivity index (χ1) is 11.4. The van der Waals surface area contributed by atoms with Gasteiger partial charge < -0.3 is 14.8 Å². The number of benzene rings is 2. The van der Waals surface area contributed by atoms with Gasteiger partial charge in [-0.3, -0.25) is 4.79 Å². The fourth-order valence-corrected chi connectivity index (χ4v) is 2.12. The molecule has 8 heteroatoms. The predicted octanol–water partition coefficient (Wildman–Crippen LogP) is 3.53. The highest BCUT2D eigenvalue weighted by atomic mass is 79.9. The van der Waals surface area contributed by atoms with Crippen molar-refractivity contribution in [2.24, 2.45) is 0 Å². The van der Waals surface area contributed by atoms with Gasteiger partial charge in [-0.2, -0.15) is 0 Å². The van der Waals surface area contributed by atoms with Gasteiger partial charge in [0.1, 0.15) is 5.82 Å². The van der Waals surface area contributed by atoms with E-state index in [0.29, 0.717) is 4.47 Å². The molecule has 0 radical (unpaired) electrons. The van der Waals surface area contributed by atoms with Gasteiger partial charge in [0.2, 0.25) is 0 Å². The van der Waals surface area contributed by atoms with E-state index in [0.717, 1.165) is 6.07 Å². The maximum atomic E-state index is 13.6. The van der Waals surface area contributed by atoms with Crippen LogP contribution in [0.25, 0.3) is 0 Å². The molecule has 0 spiro atoms. The number of ether oxygens (including phenoxy) is 2. The molecular formula is C16H12BrF2NO4. The van der Waals surface area contributed by atoms with E-state index in [1.807, 2.05) is 0 Å². The molecule has 0 aromatic heterocycles. The molecular weight excluding hydrogens is 388 g/mol. The van der Waals surface area contributed by atoms with Crippen molar-refractivity contribution in [3.63, 3.8) is 0 Å². The summed E-state index contributed by atoms with van der Waals surface area (Å²) in [6, 6.07) is 7.60. The minimum atomic E-state index is -0.886. The lowest BCUT2D eigenvalue weighted by molar-refractivity contribution is -0.119. The number of hydrogen-bond acceptors (Lipinski definition) is 4. The molecule has 1 N–H and O–H groups in total. The van der Waals surface area contributed by atoms with Crippen molar-refractivity contribution < 1.29 is 27.8 Å². The Labute approximate surface area is 144 Å². The molecule has 0 bridgehead atoms. The fourth-order valence-electron chi connectivity index (χ4n) is 1.78. The van der Waals surface area contributed by atoms with Gasteiger partial charge in [-0.25, -0.2) is 13.6 Å². The van der Waals surface area contributed by atoms with Gasteiger partial charge >= 0.3 is 5.97 Å². The van der Waals surface area contributed by atoms with E-state index in [2.05, 4.69) is 21.2 Å². The summed E-state index contributed by atoms with van der Waals surface area (Å²) in [5.74, 6) is -2.99. The van der Waals surface area contributed by atoms with Crippen LogP contribution in [-0.2, 0) is 9.53 Å². The third kappa shape index (κ3) is 4.51. The topological polar surface area (TPSA) is 64.6 Å². The number of carbonyl (C=O) groups excluding carboxylic acids is 2. The second-order valence-electron chi connectivity index (χ2n) is 4.60. The van der Waals surface area contributed by atoms with E-state index in [-0.39, 0.29) is 17.0 Å². The fraction of sp³-hybridized carbons (Fsp3) is 0.125. The van der Waals surface area contributed by atoms with Crippen LogP contribution in [0.1, 0.15) is 10.4 Å². The standard InChI is InChI=1S/C16H12BrF2NO4/c1-23-14-5-2-9(6-12(14)19)16(22)24-8-15(21)20-13-4-3-10(17)7-11(13)18/h2-7H,8H2,1H3,(H,20,21). The summed E-state index contributed by atoms with van der Waals surface area (Å²) >= 11 is 3.09. The SMILES string of the molecule is COc1ccc(C(=O)OCC(=O)Nc2ccc(Br)cc2F)cc1F. The predicted molar refractivity (Wildman–Crippen MR) is 86.0 cm³/mol. The Hall–Kier alpha value is -2.48. The molecule has 0 aliphatic carbocycles. The lowest BCUT2D eigenvalue weighted by Gasteiger charge is -2.08. The molecule has 5 nitrogen and oxygen atoms in total. The summed E-state index contributed by atoms with van der Waals surface area (Å²) in [5, 5.41) is 2.27. The average molecular weight is 400 g/mol. The molecule has 126 valence electrons. The van der Waals surface area contributed by atoms with Crippen molar-refractivity contribution in [1.29, 1.82) is 0 Å². The molecule has 0 atom stereocenters. The Bertz CT molecular complexity index is 783. The van der Waals surface area contributed by atoms with Crippen molar-refractivity contribution in [2.45, 2.75) is 0 Å². The van der Waals surface area contributed by atoms with Gasteiger partial charge in [-0.15, -0.1) is 0 Å². The quantitative estimate of drug-likeness (QED) is 0.781. The summed E-state index contributed by atoms with van der Waals surface area (Å²) < 4.78 is 37.1. The summed E-state index contributed by atoms with van der Waals surface area (Å²) in [6.07, 6.45) is 0. The number of nitrogens with one attached hydrogen (secondary N) is 1. The van der Waals surface area contributed by atoms with Gasteiger partial charge in [0.05, 0.1) is 18.4 Å². The Morgan fingerprint density at radius 1 is 1.12 bits per heavy atom. The molecule has 0 aliphatic rings. The van der Waals surface area contributed by atoms with E-state index in [9.17, 15) is 18.4 Å². The highest BCUT2D eigenvalue weighted by molar-refractivity contribution is 9.10. The number of anilines is 1. The largest absolute Gasteiger partial charge is 0.494 e. The third-order valence-corrected chi connectivity index (χ3v) is 3.42. The zero-order valence-electron chi connectivity index (χ0n) is 12.4. The second kappa shape index (κ2) is 7.87. The van der Waals surface area contributed by atoms with Crippen molar-refractivity contribution in [3.05, 3.63) is 58.1 Å². The van der Waals surface area contributed by atoms with Crippen LogP contribution in [-0.4, -0.2) is 25.6 Å². The minimum absolute atomic E-state index is 0.0185. The van der Waals surface area contributed by atoms with Crippen LogP contribution in [0.2, 0.25) is 0 Å². The van der Waals surface area contributed by atoms with Crippen molar-refractivity contribution in [3.8, 4) is 5.75 Å². The number of methoxy groups -OCH3 is 1. The first-order valence-corrected chi connectivity index (χ1v) is 7.45. The molecule has 0 heterocycles. The Balaban J connectivity index is 1.93. The number of halogens is 3. The zero-order valence-corrected chi connectivity index (χ0v) is 14.0. The number of rotatable bonds is 5. The molecule has 1 amide bonds. The lowest BCUT2D eigenvalue weighted by atomic mass is 10.2. The summed E-state index contributed by atoms with van der Waals surface area (Å²) in [7, 11) is 1.29. The van der Waals surface area contributed by atoms with Gasteiger partial charge in [0.25, 0.3) is 5.91 Å². The normalized spacial score (nSPS) is 10.2. The number of esters is 1. The summed E-state index contributed by atoms with van der Waals surface area (Å²) in [4.78, 5) is 23.5. The third-order valence-electron chi connectivity index (χ3n) is 2.93. The highest BCUT2D eigenvalue weighted by Gasteiger charge is 2.14. The average Bonchev–Trinajstić information content (AvgIpc) is 2.55. The van der Waals surface area contributed by atoms with Crippen LogP contribution in [0.4, 0.5) is 14.5 Å². The van der Waals surface area contributed by atoms with E-state index < -0.39 is 30.1 Å². The lowest BCUT2D eigenvalue weighted by Crippen LogP contribution is -2.21. The Kier molecular flexibility index (Phi) is 5.86. The first-order valence-electron chi connectivity index (χ1n) is 6.66. The molecule has 0 unspecified atom stereocenters. The van der Waals surface area contributed by atoms with Crippen molar-refractivity contribution in [1.82, 2.24) is 0 Å². The number of hydrogen-bond donors (Lipinski definition) is 1. The summed E-state index contributed by atoms with van der Waals surface area (Å²) in [5.41, 5.74) is -0.120. The maximum absolute atomic E-state index is 13.6. The van der Waals surface area contributed by atoms with Gasteiger partial charge in [-0.1, -0.05) is 15.9 Å². The van der Waals surface area contributed by atoms with E-state index in [1.165, 1.54) is 31.4 Å². The first kappa shape index (κ1) is 17.9. The van der Waals surface area contributed by atoms with Gasteiger partial charge in [0.15, 0.2) is 18.2 Å². The summed E-state index contributed by atoms with van der Waals surface area (Å²) in [6.45, 7) is -0.637. The molecule has 0 saturated carbocycles. The zero-order chi connectivity index (χ0) is 17.7. The molecule has 2 aromatic rings. The van der Waals surface area contributed by atoms with E-state index >= 15 is 0 Å². The van der Waals surface area contributed by atoms with Crippen LogP contribution in [0.15, 0.2) is 40.9 Å². The van der Waals surface area contributed by atoms with Crippen LogP contribution in [0.5, 0.6) is 5.75 Å². The van der Waals surface area contributed by atoms with Gasteiger partial charge in [0, 0.05) is 4.47 Å². The molecule has 2 aromatic carbocycles. The number of carbonyl (C=O) groups is 2. The molecule has 0 aliphatic heterocycles. The van der Waals surface area contributed by atoms with Gasteiger partial charge in [-0.05, 0) is 36.4 Å². The van der Waals surface area contributed by atoms with E-state index in [1.54, 1.807) is 6.07 Å². The smallest absolute Gasteiger partial charge is 0.338 e. The monoisotopic (exact) mass is 399 g/mol. The Morgan fingerprint density at radius 3 is 2.50 bits per heavy atom. The van der Waals surface area contributed by atoms with Crippen LogP contribution in [0, 0.1) is 11.6 Å². The van der Waals surface area contributed by atoms with Crippen molar-refractivity contribution in [2.75, 3.05) is 19.0 Å². The minimum Gasteiger partial charge on any atom is -0.494 e. The number of amides is 1. The Morgan fingerprint density at radius 2 is 1.88 bits per heavy atom. The second-order valence-corrected chi connectivity index (χ2v) is 5.51. The van der Waals surface area contributed by atoms with Crippen LogP contribution < -0.4 is 10.1 Å². The van der Waals surface area contributed by atoms with Crippen LogP contribution in [0.3, 0.4) is 0 Å². The molecule has 24 heavy (non-hydrogen) atoms.